The topological polar surface area (TPSA) is 83.7 Å². The van der Waals surface area contributed by atoms with Crippen molar-refractivity contribution in [2.75, 3.05) is 4.90 Å². The van der Waals surface area contributed by atoms with Gasteiger partial charge in [-0.15, -0.1) is 0 Å². The summed E-state index contributed by atoms with van der Waals surface area (Å²) in [6.07, 6.45) is 3.66. The van der Waals surface area contributed by atoms with Gasteiger partial charge in [-0.05, 0) is 41.5 Å². The third kappa shape index (κ3) is 2.18. The van der Waals surface area contributed by atoms with Crippen LogP contribution in [-0.4, -0.2) is 28.7 Å². The molecule has 2 N–H and O–H groups in total. The van der Waals surface area contributed by atoms with Crippen LogP contribution >= 0.6 is 11.6 Å². The molecule has 2 fully saturated rings. The predicted molar refractivity (Wildman–Crippen MR) is 104 cm³/mol. The highest BCUT2D eigenvalue weighted by Gasteiger charge is 2.64. The van der Waals surface area contributed by atoms with Gasteiger partial charge in [0, 0.05) is 11.2 Å². The number of amides is 3. The minimum absolute atomic E-state index is 0.318. The Morgan fingerprint density at radius 1 is 0.964 bits per heavy atom. The highest BCUT2D eigenvalue weighted by molar-refractivity contribution is 6.31. The maximum absolute atomic E-state index is 13.4. The predicted octanol–water partition coefficient (Wildman–Crippen LogP) is 2.34. The first-order valence-corrected chi connectivity index (χ1v) is 9.34. The fourth-order valence-electron chi connectivity index (χ4n) is 4.73. The number of halogens is 1. The number of carbonyl (C=O) groups is 3. The second-order valence-corrected chi connectivity index (χ2v) is 7.66. The molecule has 0 bridgehead atoms. The van der Waals surface area contributed by atoms with E-state index >= 15 is 0 Å². The van der Waals surface area contributed by atoms with E-state index in [1.165, 1.54) is 4.90 Å². The molecule has 0 saturated carbocycles. The maximum atomic E-state index is 13.4. The Balaban J connectivity index is 1.65. The van der Waals surface area contributed by atoms with Crippen molar-refractivity contribution in [3.8, 4) is 0 Å². The lowest BCUT2D eigenvalue weighted by atomic mass is 9.84. The summed E-state index contributed by atoms with van der Waals surface area (Å²) in [6, 6.07) is 12.9. The molecule has 5 rings (SSSR count). The first-order chi connectivity index (χ1) is 13.5. The number of benzene rings is 2. The maximum Gasteiger partial charge on any atom is 0.240 e. The molecule has 28 heavy (non-hydrogen) atoms. The summed E-state index contributed by atoms with van der Waals surface area (Å²) in [4.78, 5) is 41.9. The van der Waals surface area contributed by atoms with E-state index in [4.69, 9.17) is 17.3 Å². The SMILES string of the molecule is NC(=O)[C@@H]1[C@@H]2C(=O)N(c3ccc(Cl)cc3)C(=O)[C@@H]2[C@H]2c3ccccc3C=CN12. The van der Waals surface area contributed by atoms with E-state index in [1.54, 1.807) is 35.4 Å². The number of anilines is 1. The van der Waals surface area contributed by atoms with Gasteiger partial charge in [-0.25, -0.2) is 4.90 Å². The summed E-state index contributed by atoms with van der Waals surface area (Å²) in [5, 5.41) is 0.510. The molecule has 3 aliphatic heterocycles. The van der Waals surface area contributed by atoms with Crippen LogP contribution in [-0.2, 0) is 14.4 Å². The quantitative estimate of drug-likeness (QED) is 0.794. The minimum Gasteiger partial charge on any atom is -0.368 e. The van der Waals surface area contributed by atoms with Crippen LogP contribution in [0.1, 0.15) is 17.2 Å². The van der Waals surface area contributed by atoms with Crippen molar-refractivity contribution in [2.45, 2.75) is 12.1 Å². The number of imide groups is 1. The Morgan fingerprint density at radius 2 is 1.64 bits per heavy atom. The summed E-state index contributed by atoms with van der Waals surface area (Å²) >= 11 is 5.94. The summed E-state index contributed by atoms with van der Waals surface area (Å²) in [7, 11) is 0. The second-order valence-electron chi connectivity index (χ2n) is 7.22. The van der Waals surface area contributed by atoms with Crippen LogP contribution < -0.4 is 10.6 Å². The summed E-state index contributed by atoms with van der Waals surface area (Å²) < 4.78 is 0. The molecule has 6 nitrogen and oxygen atoms in total. The summed E-state index contributed by atoms with van der Waals surface area (Å²) in [5.41, 5.74) is 8.02. The van der Waals surface area contributed by atoms with E-state index in [1.807, 2.05) is 30.3 Å². The van der Waals surface area contributed by atoms with E-state index in [0.717, 1.165) is 11.1 Å². The highest BCUT2D eigenvalue weighted by Crippen LogP contribution is 2.52. The van der Waals surface area contributed by atoms with E-state index in [2.05, 4.69) is 0 Å². The molecule has 2 saturated heterocycles. The molecular formula is C21H16ClN3O3. The fraction of sp³-hybridized carbons (Fsp3) is 0.190. The van der Waals surface area contributed by atoms with Gasteiger partial charge in [-0.1, -0.05) is 35.9 Å². The second kappa shape index (κ2) is 5.94. The van der Waals surface area contributed by atoms with Crippen molar-refractivity contribution >= 4 is 41.1 Å². The molecule has 2 aromatic carbocycles. The highest BCUT2D eigenvalue weighted by atomic mass is 35.5. The van der Waals surface area contributed by atoms with Gasteiger partial charge in [0.2, 0.25) is 17.7 Å². The average molecular weight is 394 g/mol. The fourth-order valence-corrected chi connectivity index (χ4v) is 4.85. The zero-order valence-electron chi connectivity index (χ0n) is 14.7. The van der Waals surface area contributed by atoms with Gasteiger partial charge in [-0.3, -0.25) is 14.4 Å². The van der Waals surface area contributed by atoms with Crippen molar-refractivity contribution in [3.05, 3.63) is 70.9 Å². The van der Waals surface area contributed by atoms with Crippen LogP contribution in [0.25, 0.3) is 6.08 Å². The zero-order chi connectivity index (χ0) is 19.6. The Labute approximate surface area is 166 Å². The van der Waals surface area contributed by atoms with Crippen LogP contribution in [0, 0.1) is 11.8 Å². The lowest BCUT2D eigenvalue weighted by Crippen LogP contribution is -2.46. The van der Waals surface area contributed by atoms with Crippen molar-refractivity contribution in [1.82, 2.24) is 4.90 Å². The molecule has 4 atom stereocenters. The number of hydrogen-bond donors (Lipinski definition) is 1. The molecule has 0 aromatic heterocycles. The number of carbonyl (C=O) groups excluding carboxylic acids is 3. The minimum atomic E-state index is -0.867. The first-order valence-electron chi connectivity index (χ1n) is 8.96. The average Bonchev–Trinajstić information content (AvgIpc) is 3.16. The monoisotopic (exact) mass is 393 g/mol. The molecule has 0 radical (unpaired) electrons. The molecule has 0 spiro atoms. The van der Waals surface area contributed by atoms with Gasteiger partial charge in [0.05, 0.1) is 23.6 Å². The van der Waals surface area contributed by atoms with Crippen LogP contribution in [0.3, 0.4) is 0 Å². The summed E-state index contributed by atoms with van der Waals surface area (Å²) in [5.74, 6) is -2.82. The number of hydrogen-bond acceptors (Lipinski definition) is 4. The molecule has 0 unspecified atom stereocenters. The Kier molecular flexibility index (Phi) is 3.61. The van der Waals surface area contributed by atoms with Crippen LogP contribution in [0.15, 0.2) is 54.7 Å². The molecular weight excluding hydrogens is 378 g/mol. The zero-order valence-corrected chi connectivity index (χ0v) is 15.4. The largest absolute Gasteiger partial charge is 0.368 e. The molecule has 0 aliphatic carbocycles. The van der Waals surface area contributed by atoms with Crippen molar-refractivity contribution in [2.24, 2.45) is 17.6 Å². The molecule has 140 valence electrons. The third-order valence-corrected chi connectivity index (χ3v) is 6.09. The Bertz CT molecular complexity index is 1050. The number of nitrogens with two attached hydrogens (primary N) is 1. The van der Waals surface area contributed by atoms with Crippen LogP contribution in [0.2, 0.25) is 5.02 Å². The van der Waals surface area contributed by atoms with Crippen molar-refractivity contribution in [1.29, 1.82) is 0 Å². The van der Waals surface area contributed by atoms with Gasteiger partial charge in [0.25, 0.3) is 0 Å². The van der Waals surface area contributed by atoms with Crippen molar-refractivity contribution < 1.29 is 14.4 Å². The molecule has 3 amide bonds. The van der Waals surface area contributed by atoms with E-state index in [0.29, 0.717) is 10.7 Å². The van der Waals surface area contributed by atoms with E-state index < -0.39 is 35.7 Å². The number of fused-ring (bicyclic) bond motifs is 5. The first kappa shape index (κ1) is 17.0. The van der Waals surface area contributed by atoms with Gasteiger partial charge < -0.3 is 10.6 Å². The molecule has 7 heteroatoms. The Morgan fingerprint density at radius 3 is 2.36 bits per heavy atom. The summed E-state index contributed by atoms with van der Waals surface area (Å²) in [6.45, 7) is 0. The van der Waals surface area contributed by atoms with Gasteiger partial charge in [0.15, 0.2) is 0 Å². The molecule has 2 aromatic rings. The van der Waals surface area contributed by atoms with E-state index in [9.17, 15) is 14.4 Å². The smallest absolute Gasteiger partial charge is 0.240 e. The van der Waals surface area contributed by atoms with Gasteiger partial charge in [0.1, 0.15) is 6.04 Å². The lowest BCUT2D eigenvalue weighted by Gasteiger charge is -2.34. The molecule has 3 heterocycles. The number of nitrogens with zero attached hydrogens (tertiary/aromatic N) is 2. The van der Waals surface area contributed by atoms with Crippen LogP contribution in [0.4, 0.5) is 5.69 Å². The standard InChI is InChI=1S/C21H16ClN3O3/c22-12-5-7-13(8-6-12)25-20(27)15-16(21(25)28)18(19(23)26)24-10-9-11-3-1-2-4-14(11)17(15)24/h1-10,15-18H,(H2,23,26)/t15-,16+,17+,18-/m0/s1. The normalized spacial score (nSPS) is 27.6. The third-order valence-electron chi connectivity index (χ3n) is 5.84. The van der Waals surface area contributed by atoms with Gasteiger partial charge >= 0.3 is 0 Å². The number of primary amides is 1. The van der Waals surface area contributed by atoms with Crippen molar-refractivity contribution in [3.63, 3.8) is 0 Å². The van der Waals surface area contributed by atoms with Crippen LogP contribution in [0.5, 0.6) is 0 Å². The number of rotatable bonds is 2. The molecule has 3 aliphatic rings. The Hall–Kier alpha value is -3.12. The van der Waals surface area contributed by atoms with Gasteiger partial charge in [-0.2, -0.15) is 0 Å². The van der Waals surface area contributed by atoms with E-state index in [-0.39, 0.29) is 5.91 Å². The lowest BCUT2D eigenvalue weighted by molar-refractivity contribution is -0.129.